The van der Waals surface area contributed by atoms with E-state index in [2.05, 4.69) is 27.3 Å². The van der Waals surface area contributed by atoms with E-state index in [1.807, 2.05) is 6.07 Å². The van der Waals surface area contributed by atoms with Crippen LogP contribution in [0.5, 0.6) is 0 Å². The lowest BCUT2D eigenvalue weighted by Crippen LogP contribution is -2.35. The molecule has 0 saturated carbocycles. The van der Waals surface area contributed by atoms with Crippen LogP contribution in [0.1, 0.15) is 18.4 Å². The number of benzene rings is 1. The van der Waals surface area contributed by atoms with Crippen LogP contribution < -0.4 is 5.32 Å². The molecule has 96 valence electrons. The Morgan fingerprint density at radius 1 is 1.44 bits per heavy atom. The molecule has 0 amide bonds. The van der Waals surface area contributed by atoms with Gasteiger partial charge in [0.2, 0.25) is 0 Å². The van der Waals surface area contributed by atoms with Crippen LogP contribution in [0.3, 0.4) is 0 Å². The lowest BCUT2D eigenvalue weighted by atomic mass is 10.1. The molecule has 1 aliphatic rings. The zero-order chi connectivity index (χ0) is 13.2. The molecule has 0 radical (unpaired) electrons. The summed E-state index contributed by atoms with van der Waals surface area (Å²) in [6.07, 6.45) is 1.49. The Labute approximate surface area is 115 Å². The number of anilines is 1. The standard InChI is InChI=1S/C12H13BrN2O2S/c13-11-4-1-5-12(10(11)7-14)15-9-3-2-6-18(16,17)8-9/h1,4-5,9,15H,2-3,6,8H2. The van der Waals surface area contributed by atoms with Crippen LogP contribution in [0.15, 0.2) is 22.7 Å². The average molecular weight is 329 g/mol. The van der Waals surface area contributed by atoms with Gasteiger partial charge in [-0.25, -0.2) is 8.42 Å². The lowest BCUT2D eigenvalue weighted by molar-refractivity contribution is 0.562. The van der Waals surface area contributed by atoms with E-state index in [1.54, 1.807) is 12.1 Å². The van der Waals surface area contributed by atoms with E-state index in [0.29, 0.717) is 22.1 Å². The molecule has 0 aromatic heterocycles. The SMILES string of the molecule is N#Cc1c(Br)cccc1NC1CCCS(=O)(=O)C1. The summed E-state index contributed by atoms with van der Waals surface area (Å²) in [5.74, 6) is 0.416. The maximum atomic E-state index is 11.6. The summed E-state index contributed by atoms with van der Waals surface area (Å²) in [7, 11) is -2.94. The van der Waals surface area contributed by atoms with Crippen molar-refractivity contribution in [3.63, 3.8) is 0 Å². The van der Waals surface area contributed by atoms with Gasteiger partial charge in [0.15, 0.2) is 9.84 Å². The Bertz CT molecular complexity index is 593. The predicted molar refractivity (Wildman–Crippen MR) is 74.2 cm³/mol. The number of rotatable bonds is 2. The van der Waals surface area contributed by atoms with Gasteiger partial charge >= 0.3 is 0 Å². The Balaban J connectivity index is 2.20. The van der Waals surface area contributed by atoms with Crippen molar-refractivity contribution in [1.29, 1.82) is 5.26 Å². The van der Waals surface area contributed by atoms with Gasteiger partial charge in [0.1, 0.15) is 6.07 Å². The molecule has 1 unspecified atom stereocenters. The number of halogens is 1. The summed E-state index contributed by atoms with van der Waals surface area (Å²) in [6.45, 7) is 0. The fourth-order valence-electron chi connectivity index (χ4n) is 2.11. The van der Waals surface area contributed by atoms with Crippen molar-refractivity contribution in [2.45, 2.75) is 18.9 Å². The summed E-state index contributed by atoms with van der Waals surface area (Å²) in [6, 6.07) is 7.42. The molecule has 0 aliphatic carbocycles. The third kappa shape index (κ3) is 3.03. The van der Waals surface area contributed by atoms with Crippen molar-refractivity contribution >= 4 is 31.5 Å². The highest BCUT2D eigenvalue weighted by Gasteiger charge is 2.25. The van der Waals surface area contributed by atoms with Crippen LogP contribution in [-0.4, -0.2) is 26.0 Å². The van der Waals surface area contributed by atoms with Gasteiger partial charge in [-0.2, -0.15) is 5.26 Å². The monoisotopic (exact) mass is 328 g/mol. The number of nitriles is 1. The normalized spacial score (nSPS) is 22.1. The van der Waals surface area contributed by atoms with Gasteiger partial charge in [0, 0.05) is 10.5 Å². The van der Waals surface area contributed by atoms with E-state index in [1.165, 1.54) is 0 Å². The van der Waals surface area contributed by atoms with Crippen LogP contribution in [-0.2, 0) is 9.84 Å². The highest BCUT2D eigenvalue weighted by molar-refractivity contribution is 9.10. The number of nitrogens with zero attached hydrogens (tertiary/aromatic N) is 1. The zero-order valence-corrected chi connectivity index (χ0v) is 12.1. The first-order valence-electron chi connectivity index (χ1n) is 5.67. The highest BCUT2D eigenvalue weighted by atomic mass is 79.9. The fourth-order valence-corrected chi connectivity index (χ4v) is 4.21. The first-order valence-corrected chi connectivity index (χ1v) is 8.29. The van der Waals surface area contributed by atoms with E-state index >= 15 is 0 Å². The largest absolute Gasteiger partial charge is 0.380 e. The van der Waals surface area contributed by atoms with Crippen LogP contribution >= 0.6 is 15.9 Å². The number of hydrogen-bond donors (Lipinski definition) is 1. The molecular formula is C12H13BrN2O2S. The minimum absolute atomic E-state index is 0.106. The second-order valence-corrected chi connectivity index (χ2v) is 7.46. The van der Waals surface area contributed by atoms with E-state index in [9.17, 15) is 8.42 Å². The van der Waals surface area contributed by atoms with Gasteiger partial charge in [-0.1, -0.05) is 6.07 Å². The van der Waals surface area contributed by atoms with Crippen LogP contribution in [0.2, 0.25) is 0 Å². The predicted octanol–water partition coefficient (Wildman–Crippen LogP) is 2.31. The first kappa shape index (κ1) is 13.4. The summed E-state index contributed by atoms with van der Waals surface area (Å²) < 4.78 is 23.8. The molecule has 1 atom stereocenters. The maximum Gasteiger partial charge on any atom is 0.152 e. The molecule has 0 spiro atoms. The van der Waals surface area contributed by atoms with Gasteiger partial charge in [-0.05, 0) is 40.9 Å². The summed E-state index contributed by atoms with van der Waals surface area (Å²) in [4.78, 5) is 0. The van der Waals surface area contributed by atoms with Crippen molar-refractivity contribution in [2.75, 3.05) is 16.8 Å². The van der Waals surface area contributed by atoms with Gasteiger partial charge in [-0.3, -0.25) is 0 Å². The molecule has 6 heteroatoms. The van der Waals surface area contributed by atoms with E-state index < -0.39 is 9.84 Å². The first-order chi connectivity index (χ1) is 8.52. The molecular weight excluding hydrogens is 316 g/mol. The third-order valence-electron chi connectivity index (χ3n) is 2.95. The lowest BCUT2D eigenvalue weighted by Gasteiger charge is -2.24. The quantitative estimate of drug-likeness (QED) is 0.904. The Hall–Kier alpha value is -1.06. The summed E-state index contributed by atoms with van der Waals surface area (Å²) in [5, 5.41) is 12.3. The minimum atomic E-state index is -2.94. The highest BCUT2D eigenvalue weighted by Crippen LogP contribution is 2.26. The Kier molecular flexibility index (Phi) is 3.93. The van der Waals surface area contributed by atoms with Crippen molar-refractivity contribution in [3.05, 3.63) is 28.2 Å². The fraction of sp³-hybridized carbons (Fsp3) is 0.417. The van der Waals surface area contributed by atoms with Gasteiger partial charge in [0.05, 0.1) is 22.8 Å². The zero-order valence-electron chi connectivity index (χ0n) is 9.69. The molecule has 1 fully saturated rings. The van der Waals surface area contributed by atoms with Crippen molar-refractivity contribution < 1.29 is 8.42 Å². The van der Waals surface area contributed by atoms with E-state index in [0.717, 1.165) is 6.42 Å². The molecule has 0 bridgehead atoms. The molecule has 1 saturated heterocycles. The van der Waals surface area contributed by atoms with Crippen LogP contribution in [0.4, 0.5) is 5.69 Å². The van der Waals surface area contributed by atoms with Gasteiger partial charge in [0.25, 0.3) is 0 Å². The van der Waals surface area contributed by atoms with Crippen LogP contribution in [0.25, 0.3) is 0 Å². The van der Waals surface area contributed by atoms with Crippen molar-refractivity contribution in [1.82, 2.24) is 0 Å². The number of hydrogen-bond acceptors (Lipinski definition) is 4. The molecule has 1 aromatic rings. The molecule has 1 aromatic carbocycles. The topological polar surface area (TPSA) is 70.0 Å². The average Bonchev–Trinajstić information content (AvgIpc) is 2.28. The Morgan fingerprint density at radius 3 is 2.89 bits per heavy atom. The van der Waals surface area contributed by atoms with Crippen LogP contribution in [0, 0.1) is 11.3 Å². The second kappa shape index (κ2) is 5.29. The second-order valence-electron chi connectivity index (χ2n) is 4.37. The van der Waals surface area contributed by atoms with Gasteiger partial charge < -0.3 is 5.32 Å². The van der Waals surface area contributed by atoms with Crippen molar-refractivity contribution in [3.8, 4) is 6.07 Å². The third-order valence-corrected chi connectivity index (χ3v) is 5.43. The molecule has 4 nitrogen and oxygen atoms in total. The number of nitrogens with one attached hydrogen (secondary N) is 1. The molecule has 18 heavy (non-hydrogen) atoms. The Morgan fingerprint density at radius 2 is 2.22 bits per heavy atom. The molecule has 2 rings (SSSR count). The summed E-state index contributed by atoms with van der Waals surface area (Å²) in [5.41, 5.74) is 1.20. The minimum Gasteiger partial charge on any atom is -0.380 e. The smallest absolute Gasteiger partial charge is 0.152 e. The number of sulfone groups is 1. The van der Waals surface area contributed by atoms with Gasteiger partial charge in [-0.15, -0.1) is 0 Å². The summed E-state index contributed by atoms with van der Waals surface area (Å²) >= 11 is 3.31. The molecule has 1 N–H and O–H groups in total. The van der Waals surface area contributed by atoms with E-state index in [-0.39, 0.29) is 17.5 Å². The van der Waals surface area contributed by atoms with Crippen molar-refractivity contribution in [2.24, 2.45) is 0 Å². The molecule has 1 heterocycles. The molecule has 1 aliphatic heterocycles. The van der Waals surface area contributed by atoms with E-state index in [4.69, 9.17) is 5.26 Å². The maximum absolute atomic E-state index is 11.6.